The van der Waals surface area contributed by atoms with Gasteiger partial charge in [-0.15, -0.1) is 11.8 Å². The van der Waals surface area contributed by atoms with Crippen molar-refractivity contribution in [3.05, 3.63) is 28.8 Å². The maximum Gasteiger partial charge on any atom is 0.151 e. The van der Waals surface area contributed by atoms with Crippen molar-refractivity contribution in [2.45, 2.75) is 4.90 Å². The van der Waals surface area contributed by atoms with Crippen LogP contribution >= 0.6 is 23.4 Å². The standard InChI is InChI=1S/C8H7ClOS/c1-11-8-4-7(9)3-2-6(8)5-10/h2-5H,1H3. The van der Waals surface area contributed by atoms with Gasteiger partial charge in [0.25, 0.3) is 0 Å². The van der Waals surface area contributed by atoms with E-state index in [1.54, 1.807) is 18.2 Å². The highest BCUT2D eigenvalue weighted by molar-refractivity contribution is 7.98. The second-order valence-electron chi connectivity index (χ2n) is 2.00. The maximum absolute atomic E-state index is 10.4. The summed E-state index contributed by atoms with van der Waals surface area (Å²) in [6.45, 7) is 0. The van der Waals surface area contributed by atoms with Gasteiger partial charge in [0, 0.05) is 15.5 Å². The number of hydrogen-bond acceptors (Lipinski definition) is 2. The van der Waals surface area contributed by atoms with Crippen molar-refractivity contribution in [3.63, 3.8) is 0 Å². The summed E-state index contributed by atoms with van der Waals surface area (Å²) in [6, 6.07) is 5.22. The molecule has 0 radical (unpaired) electrons. The Labute approximate surface area is 74.7 Å². The summed E-state index contributed by atoms with van der Waals surface area (Å²) < 4.78 is 0. The normalized spacial score (nSPS) is 9.64. The van der Waals surface area contributed by atoms with Gasteiger partial charge in [-0.05, 0) is 24.5 Å². The second-order valence-corrected chi connectivity index (χ2v) is 3.29. The molecule has 0 aromatic heterocycles. The Balaban J connectivity index is 3.16. The molecule has 1 aromatic carbocycles. The number of rotatable bonds is 2. The van der Waals surface area contributed by atoms with Crippen LogP contribution in [0.15, 0.2) is 23.1 Å². The molecule has 0 fully saturated rings. The monoisotopic (exact) mass is 186 g/mol. The molecule has 3 heteroatoms. The Kier molecular flexibility index (Phi) is 2.97. The van der Waals surface area contributed by atoms with Gasteiger partial charge in [0.1, 0.15) is 0 Å². The average molecular weight is 187 g/mol. The van der Waals surface area contributed by atoms with Gasteiger partial charge in [0.2, 0.25) is 0 Å². The highest BCUT2D eigenvalue weighted by Crippen LogP contribution is 2.22. The largest absolute Gasteiger partial charge is 0.298 e. The lowest BCUT2D eigenvalue weighted by Gasteiger charge is -1.99. The van der Waals surface area contributed by atoms with Crippen LogP contribution in [0, 0.1) is 0 Å². The van der Waals surface area contributed by atoms with E-state index in [4.69, 9.17) is 11.6 Å². The number of benzene rings is 1. The smallest absolute Gasteiger partial charge is 0.151 e. The van der Waals surface area contributed by atoms with Crippen LogP contribution in [-0.2, 0) is 0 Å². The molecule has 0 saturated heterocycles. The van der Waals surface area contributed by atoms with Crippen LogP contribution in [0.2, 0.25) is 5.02 Å². The molecule has 58 valence electrons. The molecular formula is C8H7ClOS. The third-order valence-corrected chi connectivity index (χ3v) is 2.35. The molecule has 0 saturated carbocycles. The minimum absolute atomic E-state index is 0.667. The lowest BCUT2D eigenvalue weighted by molar-refractivity contribution is 0.112. The van der Waals surface area contributed by atoms with Crippen LogP contribution < -0.4 is 0 Å². The van der Waals surface area contributed by atoms with E-state index in [1.807, 2.05) is 6.26 Å². The van der Waals surface area contributed by atoms with E-state index in [9.17, 15) is 4.79 Å². The fourth-order valence-corrected chi connectivity index (χ4v) is 1.62. The maximum atomic E-state index is 10.4. The lowest BCUT2D eigenvalue weighted by atomic mass is 10.2. The Hall–Kier alpha value is -0.470. The fraction of sp³-hybridized carbons (Fsp3) is 0.125. The van der Waals surface area contributed by atoms with E-state index in [-0.39, 0.29) is 0 Å². The van der Waals surface area contributed by atoms with E-state index in [1.165, 1.54) is 11.8 Å². The molecule has 0 aliphatic carbocycles. The molecule has 0 heterocycles. The van der Waals surface area contributed by atoms with Crippen molar-refractivity contribution in [1.82, 2.24) is 0 Å². The third kappa shape index (κ3) is 1.98. The number of carbonyl (C=O) groups is 1. The number of thioether (sulfide) groups is 1. The Bertz CT molecular complexity index is 273. The lowest BCUT2D eigenvalue weighted by Crippen LogP contribution is -1.82. The zero-order chi connectivity index (χ0) is 8.27. The number of hydrogen-bond donors (Lipinski definition) is 0. The highest BCUT2D eigenvalue weighted by atomic mass is 35.5. The van der Waals surface area contributed by atoms with Gasteiger partial charge in [0.05, 0.1) is 0 Å². The van der Waals surface area contributed by atoms with Gasteiger partial charge < -0.3 is 0 Å². The van der Waals surface area contributed by atoms with Crippen molar-refractivity contribution < 1.29 is 4.79 Å². The van der Waals surface area contributed by atoms with E-state index in [0.717, 1.165) is 11.2 Å². The van der Waals surface area contributed by atoms with Crippen molar-refractivity contribution in [2.24, 2.45) is 0 Å². The minimum atomic E-state index is 0.667. The van der Waals surface area contributed by atoms with Gasteiger partial charge in [-0.25, -0.2) is 0 Å². The summed E-state index contributed by atoms with van der Waals surface area (Å²) in [5.41, 5.74) is 0.696. The van der Waals surface area contributed by atoms with Gasteiger partial charge in [-0.3, -0.25) is 4.79 Å². The highest BCUT2D eigenvalue weighted by Gasteiger charge is 1.99. The molecule has 0 aliphatic rings. The molecule has 1 nitrogen and oxygen atoms in total. The minimum Gasteiger partial charge on any atom is -0.298 e. The fourth-order valence-electron chi connectivity index (χ4n) is 0.782. The van der Waals surface area contributed by atoms with Gasteiger partial charge in [-0.2, -0.15) is 0 Å². The van der Waals surface area contributed by atoms with Crippen molar-refractivity contribution >= 4 is 29.6 Å². The molecule has 0 unspecified atom stereocenters. The van der Waals surface area contributed by atoms with Crippen molar-refractivity contribution in [3.8, 4) is 0 Å². The molecule has 0 atom stereocenters. The Morgan fingerprint density at radius 2 is 2.27 bits per heavy atom. The van der Waals surface area contributed by atoms with Crippen LogP contribution in [0.25, 0.3) is 0 Å². The van der Waals surface area contributed by atoms with Crippen molar-refractivity contribution in [1.29, 1.82) is 0 Å². The summed E-state index contributed by atoms with van der Waals surface area (Å²) in [4.78, 5) is 11.4. The first-order valence-electron chi connectivity index (χ1n) is 3.06. The number of carbonyl (C=O) groups excluding carboxylic acids is 1. The summed E-state index contributed by atoms with van der Waals surface area (Å²) in [7, 11) is 0. The van der Waals surface area contributed by atoms with Gasteiger partial charge >= 0.3 is 0 Å². The second kappa shape index (κ2) is 3.79. The molecule has 0 amide bonds. The van der Waals surface area contributed by atoms with Crippen LogP contribution in [0.3, 0.4) is 0 Å². The predicted octanol–water partition coefficient (Wildman–Crippen LogP) is 2.87. The molecule has 1 aromatic rings. The van der Waals surface area contributed by atoms with Crippen LogP contribution in [0.5, 0.6) is 0 Å². The molecule has 11 heavy (non-hydrogen) atoms. The predicted molar refractivity (Wildman–Crippen MR) is 48.6 cm³/mol. The molecular weight excluding hydrogens is 180 g/mol. The molecule has 0 spiro atoms. The number of halogens is 1. The first-order chi connectivity index (χ1) is 5.27. The third-order valence-electron chi connectivity index (χ3n) is 1.32. The average Bonchev–Trinajstić information content (AvgIpc) is 2.04. The zero-order valence-corrected chi connectivity index (χ0v) is 7.58. The van der Waals surface area contributed by atoms with Crippen molar-refractivity contribution in [2.75, 3.05) is 6.26 Å². The van der Waals surface area contributed by atoms with Gasteiger partial charge in [-0.1, -0.05) is 11.6 Å². The van der Waals surface area contributed by atoms with Crippen LogP contribution in [0.1, 0.15) is 10.4 Å². The van der Waals surface area contributed by atoms with E-state index in [2.05, 4.69) is 0 Å². The first-order valence-corrected chi connectivity index (χ1v) is 4.67. The molecule has 0 aliphatic heterocycles. The summed E-state index contributed by atoms with van der Waals surface area (Å²) in [6.07, 6.45) is 2.75. The summed E-state index contributed by atoms with van der Waals surface area (Å²) in [5, 5.41) is 0.667. The molecule has 1 rings (SSSR count). The first kappa shape index (κ1) is 8.62. The van der Waals surface area contributed by atoms with Crippen LogP contribution in [-0.4, -0.2) is 12.5 Å². The molecule has 0 N–H and O–H groups in total. The SMILES string of the molecule is CSc1cc(Cl)ccc1C=O. The summed E-state index contributed by atoms with van der Waals surface area (Å²) in [5.74, 6) is 0. The zero-order valence-electron chi connectivity index (χ0n) is 6.00. The quantitative estimate of drug-likeness (QED) is 0.522. The summed E-state index contributed by atoms with van der Waals surface area (Å²) >= 11 is 7.24. The molecule has 0 bridgehead atoms. The van der Waals surface area contributed by atoms with E-state index >= 15 is 0 Å². The number of aldehydes is 1. The van der Waals surface area contributed by atoms with Crippen LogP contribution in [0.4, 0.5) is 0 Å². The Morgan fingerprint density at radius 3 is 2.82 bits per heavy atom. The Morgan fingerprint density at radius 1 is 1.55 bits per heavy atom. The van der Waals surface area contributed by atoms with E-state index < -0.39 is 0 Å². The van der Waals surface area contributed by atoms with E-state index in [0.29, 0.717) is 10.6 Å². The topological polar surface area (TPSA) is 17.1 Å². The van der Waals surface area contributed by atoms with Gasteiger partial charge in [0.15, 0.2) is 6.29 Å².